The zero-order chi connectivity index (χ0) is 13.1. The van der Waals surface area contributed by atoms with Crippen LogP contribution < -0.4 is 11.1 Å². The maximum atomic E-state index is 12.1. The largest absolute Gasteiger partial charge is 0.398 e. The van der Waals surface area contributed by atoms with Gasteiger partial charge in [-0.15, -0.1) is 0 Å². The number of nitrogens with one attached hydrogen (secondary N) is 1. The van der Waals surface area contributed by atoms with E-state index in [-0.39, 0.29) is 5.91 Å². The van der Waals surface area contributed by atoms with E-state index in [2.05, 4.69) is 21.2 Å². The van der Waals surface area contributed by atoms with Crippen molar-refractivity contribution in [1.29, 1.82) is 0 Å². The van der Waals surface area contributed by atoms with Crippen LogP contribution in [0.5, 0.6) is 0 Å². The number of aryl methyl sites for hydroxylation is 1. The van der Waals surface area contributed by atoms with Crippen LogP contribution >= 0.6 is 15.9 Å². The average Bonchev–Trinajstić information content (AvgIpc) is 2.35. The molecule has 0 aliphatic carbocycles. The van der Waals surface area contributed by atoms with E-state index < -0.39 is 0 Å². The SMILES string of the molecule is Cc1ccc(N)c(C(=O)Nc2ccccc2Br)c1. The summed E-state index contributed by atoms with van der Waals surface area (Å²) in [5, 5.41) is 2.83. The summed E-state index contributed by atoms with van der Waals surface area (Å²) in [6.07, 6.45) is 0. The number of nitrogens with two attached hydrogens (primary N) is 1. The van der Waals surface area contributed by atoms with Crippen molar-refractivity contribution in [2.24, 2.45) is 0 Å². The molecule has 0 aliphatic rings. The highest BCUT2D eigenvalue weighted by atomic mass is 79.9. The summed E-state index contributed by atoms with van der Waals surface area (Å²) in [6, 6.07) is 12.8. The summed E-state index contributed by atoms with van der Waals surface area (Å²) in [7, 11) is 0. The quantitative estimate of drug-likeness (QED) is 0.833. The molecule has 0 aliphatic heterocycles. The number of nitrogen functional groups attached to an aromatic ring is 1. The van der Waals surface area contributed by atoms with Gasteiger partial charge < -0.3 is 11.1 Å². The number of hydrogen-bond acceptors (Lipinski definition) is 2. The lowest BCUT2D eigenvalue weighted by Crippen LogP contribution is -2.14. The van der Waals surface area contributed by atoms with Crippen molar-refractivity contribution in [3.63, 3.8) is 0 Å². The first-order valence-electron chi connectivity index (χ1n) is 5.50. The summed E-state index contributed by atoms with van der Waals surface area (Å²) in [5.74, 6) is -0.205. The highest BCUT2D eigenvalue weighted by molar-refractivity contribution is 9.10. The van der Waals surface area contributed by atoms with E-state index in [0.717, 1.165) is 15.7 Å². The Kier molecular flexibility index (Phi) is 3.67. The van der Waals surface area contributed by atoms with Gasteiger partial charge in [0, 0.05) is 10.2 Å². The van der Waals surface area contributed by atoms with Gasteiger partial charge in [-0.2, -0.15) is 0 Å². The molecule has 2 aromatic rings. The number of benzene rings is 2. The van der Waals surface area contributed by atoms with Crippen molar-refractivity contribution in [3.8, 4) is 0 Å². The second kappa shape index (κ2) is 5.23. The predicted octanol–water partition coefficient (Wildman–Crippen LogP) is 3.59. The second-order valence-corrected chi connectivity index (χ2v) is 4.88. The molecule has 3 N–H and O–H groups in total. The van der Waals surface area contributed by atoms with Gasteiger partial charge in [0.2, 0.25) is 0 Å². The maximum absolute atomic E-state index is 12.1. The lowest BCUT2D eigenvalue weighted by atomic mass is 10.1. The topological polar surface area (TPSA) is 55.1 Å². The van der Waals surface area contributed by atoms with Gasteiger partial charge in [0.25, 0.3) is 5.91 Å². The molecule has 0 saturated carbocycles. The van der Waals surface area contributed by atoms with Crippen LogP contribution in [0.4, 0.5) is 11.4 Å². The van der Waals surface area contributed by atoms with Crippen molar-refractivity contribution < 1.29 is 4.79 Å². The average molecular weight is 305 g/mol. The summed E-state index contributed by atoms with van der Waals surface area (Å²) in [5.41, 5.74) is 8.50. The van der Waals surface area contributed by atoms with Gasteiger partial charge in [-0.1, -0.05) is 23.8 Å². The van der Waals surface area contributed by atoms with Gasteiger partial charge in [-0.25, -0.2) is 0 Å². The molecule has 2 aromatic carbocycles. The Morgan fingerprint density at radius 3 is 2.67 bits per heavy atom. The molecule has 0 spiro atoms. The number of halogens is 1. The third kappa shape index (κ3) is 2.71. The molecule has 0 atom stereocenters. The van der Waals surface area contributed by atoms with E-state index in [1.807, 2.05) is 37.3 Å². The van der Waals surface area contributed by atoms with Gasteiger partial charge in [0.1, 0.15) is 0 Å². The number of hydrogen-bond donors (Lipinski definition) is 2. The summed E-state index contributed by atoms with van der Waals surface area (Å²) < 4.78 is 0.838. The zero-order valence-corrected chi connectivity index (χ0v) is 11.5. The Bertz CT molecular complexity index is 596. The first kappa shape index (κ1) is 12.6. The Balaban J connectivity index is 2.28. The van der Waals surface area contributed by atoms with E-state index in [9.17, 15) is 4.79 Å². The van der Waals surface area contributed by atoms with Crippen LogP contribution in [0.3, 0.4) is 0 Å². The van der Waals surface area contributed by atoms with Crippen LogP contribution in [0.1, 0.15) is 15.9 Å². The summed E-state index contributed by atoms with van der Waals surface area (Å²) in [6.45, 7) is 1.93. The van der Waals surface area contributed by atoms with E-state index >= 15 is 0 Å². The van der Waals surface area contributed by atoms with Crippen molar-refractivity contribution >= 4 is 33.2 Å². The minimum absolute atomic E-state index is 0.205. The first-order chi connectivity index (χ1) is 8.58. The zero-order valence-electron chi connectivity index (χ0n) is 9.91. The third-order valence-corrected chi connectivity index (χ3v) is 3.27. The number of para-hydroxylation sites is 1. The van der Waals surface area contributed by atoms with E-state index in [0.29, 0.717) is 11.3 Å². The number of carbonyl (C=O) groups excluding carboxylic acids is 1. The van der Waals surface area contributed by atoms with Crippen LogP contribution in [0.15, 0.2) is 46.9 Å². The third-order valence-electron chi connectivity index (χ3n) is 2.58. The Morgan fingerprint density at radius 1 is 1.22 bits per heavy atom. The molecule has 1 amide bonds. The lowest BCUT2D eigenvalue weighted by Gasteiger charge is -2.09. The lowest BCUT2D eigenvalue weighted by molar-refractivity contribution is 0.102. The molecule has 3 nitrogen and oxygen atoms in total. The molecule has 0 saturated heterocycles. The standard InChI is InChI=1S/C14H13BrN2O/c1-9-6-7-12(16)10(8-9)14(18)17-13-5-3-2-4-11(13)15/h2-8H,16H2,1H3,(H,17,18). The van der Waals surface area contributed by atoms with Gasteiger partial charge in [0.15, 0.2) is 0 Å². The molecule has 0 bridgehead atoms. The molecule has 0 radical (unpaired) electrons. The molecular formula is C14H13BrN2O. The predicted molar refractivity (Wildman–Crippen MR) is 77.7 cm³/mol. The number of carbonyl (C=O) groups is 1. The maximum Gasteiger partial charge on any atom is 0.257 e. The fraction of sp³-hybridized carbons (Fsp3) is 0.0714. The van der Waals surface area contributed by atoms with E-state index in [4.69, 9.17) is 5.73 Å². The van der Waals surface area contributed by atoms with E-state index in [1.54, 1.807) is 12.1 Å². The summed E-state index contributed by atoms with van der Waals surface area (Å²) in [4.78, 5) is 12.1. The fourth-order valence-corrected chi connectivity index (χ4v) is 2.00. The van der Waals surface area contributed by atoms with Crippen LogP contribution in [-0.4, -0.2) is 5.91 Å². The normalized spacial score (nSPS) is 10.1. The van der Waals surface area contributed by atoms with Crippen LogP contribution in [0.2, 0.25) is 0 Å². The van der Waals surface area contributed by atoms with Crippen LogP contribution in [-0.2, 0) is 0 Å². The summed E-state index contributed by atoms with van der Waals surface area (Å²) >= 11 is 3.38. The van der Waals surface area contributed by atoms with Crippen molar-refractivity contribution in [2.45, 2.75) is 6.92 Å². The molecule has 0 aromatic heterocycles. The second-order valence-electron chi connectivity index (χ2n) is 4.02. The van der Waals surface area contributed by atoms with Crippen molar-refractivity contribution in [3.05, 3.63) is 58.1 Å². The molecule has 92 valence electrons. The highest BCUT2D eigenvalue weighted by Gasteiger charge is 2.11. The molecule has 0 unspecified atom stereocenters. The number of amides is 1. The van der Waals surface area contributed by atoms with Crippen LogP contribution in [0, 0.1) is 6.92 Å². The van der Waals surface area contributed by atoms with Crippen LogP contribution in [0.25, 0.3) is 0 Å². The van der Waals surface area contributed by atoms with Gasteiger partial charge in [-0.05, 0) is 47.1 Å². The molecule has 4 heteroatoms. The fourth-order valence-electron chi connectivity index (χ4n) is 1.62. The number of anilines is 2. The minimum atomic E-state index is -0.205. The van der Waals surface area contributed by atoms with Crippen molar-refractivity contribution in [2.75, 3.05) is 11.1 Å². The van der Waals surface area contributed by atoms with Crippen molar-refractivity contribution in [1.82, 2.24) is 0 Å². The Labute approximate surface area is 114 Å². The molecular weight excluding hydrogens is 292 g/mol. The smallest absolute Gasteiger partial charge is 0.257 e. The van der Waals surface area contributed by atoms with Gasteiger partial charge in [0.05, 0.1) is 11.3 Å². The van der Waals surface area contributed by atoms with Gasteiger partial charge >= 0.3 is 0 Å². The monoisotopic (exact) mass is 304 g/mol. The molecule has 18 heavy (non-hydrogen) atoms. The molecule has 2 rings (SSSR count). The van der Waals surface area contributed by atoms with E-state index in [1.165, 1.54) is 0 Å². The Morgan fingerprint density at radius 2 is 1.94 bits per heavy atom. The molecule has 0 heterocycles. The highest BCUT2D eigenvalue weighted by Crippen LogP contribution is 2.23. The molecule has 0 fully saturated rings. The number of rotatable bonds is 2. The minimum Gasteiger partial charge on any atom is -0.398 e. The first-order valence-corrected chi connectivity index (χ1v) is 6.29. The van der Waals surface area contributed by atoms with Gasteiger partial charge in [-0.3, -0.25) is 4.79 Å². The Hall–Kier alpha value is -1.81.